The van der Waals surface area contributed by atoms with Gasteiger partial charge >= 0.3 is 0 Å². The number of hydrazone groups is 1. The highest BCUT2D eigenvalue weighted by molar-refractivity contribution is 8.26. The molecule has 0 atom stereocenters. The van der Waals surface area contributed by atoms with E-state index in [1.165, 1.54) is 16.8 Å². The first kappa shape index (κ1) is 23.8. The normalized spacial score (nSPS) is 16.6. The Labute approximate surface area is 204 Å². The lowest BCUT2D eigenvalue weighted by molar-refractivity contribution is -0.114. The SMILES string of the molecule is Cc1ccc(C)c(OCCOc2ccc(/C=C3\C(=N)N4N=C(CC(C)C)SC4=NC3=O)cc2)c1. The summed E-state index contributed by atoms with van der Waals surface area (Å²) in [5.74, 6) is 1.63. The van der Waals surface area contributed by atoms with Gasteiger partial charge in [0, 0.05) is 6.42 Å². The zero-order valence-corrected chi connectivity index (χ0v) is 20.6. The van der Waals surface area contributed by atoms with Crippen LogP contribution in [-0.2, 0) is 4.79 Å². The molecule has 0 bridgehead atoms. The predicted molar refractivity (Wildman–Crippen MR) is 138 cm³/mol. The van der Waals surface area contributed by atoms with Crippen LogP contribution in [0.15, 0.2) is 58.1 Å². The zero-order chi connectivity index (χ0) is 24.2. The fourth-order valence-electron chi connectivity index (χ4n) is 3.46. The van der Waals surface area contributed by atoms with E-state index in [1.807, 2.05) is 50.2 Å². The van der Waals surface area contributed by atoms with Crippen molar-refractivity contribution in [3.8, 4) is 11.5 Å². The van der Waals surface area contributed by atoms with Gasteiger partial charge < -0.3 is 9.47 Å². The van der Waals surface area contributed by atoms with E-state index in [1.54, 1.807) is 6.08 Å². The Morgan fingerprint density at radius 1 is 1.09 bits per heavy atom. The van der Waals surface area contributed by atoms with Crippen LogP contribution in [0.5, 0.6) is 11.5 Å². The number of rotatable bonds is 8. The number of nitrogens with zero attached hydrogens (tertiary/aromatic N) is 3. The van der Waals surface area contributed by atoms with Crippen LogP contribution in [0.4, 0.5) is 0 Å². The van der Waals surface area contributed by atoms with Crippen LogP contribution >= 0.6 is 11.8 Å². The second-order valence-corrected chi connectivity index (χ2v) is 9.69. The summed E-state index contributed by atoms with van der Waals surface area (Å²) in [6, 6.07) is 13.5. The number of hydrogen-bond acceptors (Lipinski definition) is 6. The number of carbonyl (C=O) groups is 1. The van der Waals surface area contributed by atoms with E-state index in [4.69, 9.17) is 14.9 Å². The number of amidine groups is 2. The monoisotopic (exact) mass is 476 g/mol. The number of carbonyl (C=O) groups excluding carboxylic acids is 1. The van der Waals surface area contributed by atoms with Gasteiger partial charge in [0.05, 0.1) is 5.57 Å². The van der Waals surface area contributed by atoms with Crippen LogP contribution in [0.1, 0.15) is 37.0 Å². The van der Waals surface area contributed by atoms with Gasteiger partial charge in [-0.05, 0) is 72.5 Å². The van der Waals surface area contributed by atoms with Crippen molar-refractivity contribution in [2.24, 2.45) is 16.0 Å². The lowest BCUT2D eigenvalue weighted by atomic mass is 10.1. The smallest absolute Gasteiger partial charge is 0.283 e. The summed E-state index contributed by atoms with van der Waals surface area (Å²) < 4.78 is 11.6. The molecule has 4 rings (SSSR count). The number of fused-ring (bicyclic) bond motifs is 1. The molecule has 0 spiro atoms. The van der Waals surface area contributed by atoms with Crippen molar-refractivity contribution in [3.63, 3.8) is 0 Å². The molecule has 176 valence electrons. The second kappa shape index (κ2) is 10.3. The minimum absolute atomic E-state index is 0.0465. The van der Waals surface area contributed by atoms with E-state index >= 15 is 0 Å². The molecule has 0 unspecified atom stereocenters. The minimum Gasteiger partial charge on any atom is -0.490 e. The number of thioether (sulfide) groups is 1. The Morgan fingerprint density at radius 2 is 1.82 bits per heavy atom. The van der Waals surface area contributed by atoms with Gasteiger partial charge in [0.15, 0.2) is 5.84 Å². The molecule has 0 saturated carbocycles. The largest absolute Gasteiger partial charge is 0.490 e. The summed E-state index contributed by atoms with van der Waals surface area (Å²) in [6.07, 6.45) is 2.46. The molecule has 2 aliphatic heterocycles. The number of aliphatic imine (C=N–C) groups is 1. The highest BCUT2D eigenvalue weighted by Crippen LogP contribution is 2.30. The highest BCUT2D eigenvalue weighted by Gasteiger charge is 2.35. The number of aryl methyl sites for hydroxylation is 2. The first-order valence-corrected chi connectivity index (χ1v) is 12.0. The minimum atomic E-state index is -0.423. The van der Waals surface area contributed by atoms with E-state index in [2.05, 4.69) is 30.0 Å². The molecule has 8 heteroatoms. The lowest BCUT2D eigenvalue weighted by Crippen LogP contribution is -2.35. The highest BCUT2D eigenvalue weighted by atomic mass is 32.2. The van der Waals surface area contributed by atoms with Gasteiger partial charge in [-0.15, -0.1) is 0 Å². The summed E-state index contributed by atoms with van der Waals surface area (Å²) >= 11 is 1.36. The van der Waals surface area contributed by atoms with E-state index in [0.29, 0.717) is 30.0 Å². The molecule has 2 aliphatic rings. The molecule has 0 aromatic heterocycles. The molecular formula is C26H28N4O3S. The van der Waals surface area contributed by atoms with Crippen LogP contribution in [-0.4, -0.2) is 40.2 Å². The third-order valence-corrected chi connectivity index (χ3v) is 6.15. The van der Waals surface area contributed by atoms with Gasteiger partial charge in [-0.25, -0.2) is 0 Å². The summed E-state index contributed by atoms with van der Waals surface area (Å²) in [7, 11) is 0. The van der Waals surface area contributed by atoms with Gasteiger partial charge in [-0.2, -0.15) is 15.1 Å². The second-order valence-electron chi connectivity index (χ2n) is 8.65. The fraction of sp³-hybridized carbons (Fsp3) is 0.308. The van der Waals surface area contributed by atoms with Crippen molar-refractivity contribution < 1.29 is 14.3 Å². The van der Waals surface area contributed by atoms with Crippen molar-refractivity contribution in [2.45, 2.75) is 34.1 Å². The van der Waals surface area contributed by atoms with E-state index in [9.17, 15) is 4.79 Å². The molecule has 1 amide bonds. The quantitative estimate of drug-likeness (QED) is 0.406. The molecule has 7 nitrogen and oxygen atoms in total. The molecule has 1 N–H and O–H groups in total. The number of amides is 1. The van der Waals surface area contributed by atoms with Crippen molar-refractivity contribution >= 4 is 39.8 Å². The standard InChI is InChI=1S/C26H28N4O3S/c1-16(2)13-23-29-30-24(27)21(25(31)28-26(30)34-23)15-19-7-9-20(10-8-19)32-11-12-33-22-14-17(3)5-6-18(22)4/h5-10,14-16,27H,11-13H2,1-4H3/b21-15+,27-24?. The van der Waals surface area contributed by atoms with Crippen molar-refractivity contribution in [2.75, 3.05) is 13.2 Å². The van der Waals surface area contributed by atoms with Crippen LogP contribution in [0, 0.1) is 25.2 Å². The summed E-state index contributed by atoms with van der Waals surface area (Å²) in [4.78, 5) is 16.7. The van der Waals surface area contributed by atoms with Crippen molar-refractivity contribution in [3.05, 3.63) is 64.7 Å². The maximum Gasteiger partial charge on any atom is 0.283 e. The molecule has 2 aromatic rings. The van der Waals surface area contributed by atoms with Crippen LogP contribution in [0.3, 0.4) is 0 Å². The van der Waals surface area contributed by atoms with Crippen LogP contribution < -0.4 is 9.47 Å². The van der Waals surface area contributed by atoms with Crippen LogP contribution in [0.2, 0.25) is 0 Å². The molecule has 0 saturated heterocycles. The topological polar surface area (TPSA) is 87.3 Å². The Morgan fingerprint density at radius 3 is 2.56 bits per heavy atom. The van der Waals surface area contributed by atoms with Gasteiger partial charge in [0.1, 0.15) is 29.8 Å². The Hall–Kier alpha value is -3.39. The van der Waals surface area contributed by atoms with E-state index < -0.39 is 5.91 Å². The summed E-state index contributed by atoms with van der Waals surface area (Å²) in [6.45, 7) is 9.12. The maximum atomic E-state index is 12.6. The number of benzene rings is 2. The number of hydrogen-bond donors (Lipinski definition) is 1. The first-order chi connectivity index (χ1) is 16.3. The van der Waals surface area contributed by atoms with Gasteiger partial charge in [-0.3, -0.25) is 10.2 Å². The third-order valence-electron chi connectivity index (χ3n) is 5.22. The zero-order valence-electron chi connectivity index (χ0n) is 19.8. The molecular weight excluding hydrogens is 448 g/mol. The first-order valence-electron chi connectivity index (χ1n) is 11.2. The van der Waals surface area contributed by atoms with E-state index in [-0.39, 0.29) is 11.4 Å². The Kier molecular flexibility index (Phi) is 7.17. The fourth-order valence-corrected chi connectivity index (χ4v) is 4.56. The molecule has 0 aliphatic carbocycles. The van der Waals surface area contributed by atoms with Crippen molar-refractivity contribution in [1.82, 2.24) is 5.01 Å². The average molecular weight is 477 g/mol. The van der Waals surface area contributed by atoms with Gasteiger partial charge in [0.2, 0.25) is 5.17 Å². The molecule has 34 heavy (non-hydrogen) atoms. The Balaban J connectivity index is 1.36. The molecule has 2 heterocycles. The van der Waals surface area contributed by atoms with Gasteiger partial charge in [-0.1, -0.05) is 38.1 Å². The third kappa shape index (κ3) is 5.56. The van der Waals surface area contributed by atoms with Crippen molar-refractivity contribution in [1.29, 1.82) is 5.41 Å². The maximum absolute atomic E-state index is 12.6. The van der Waals surface area contributed by atoms with Gasteiger partial charge in [0.25, 0.3) is 5.91 Å². The molecule has 0 radical (unpaired) electrons. The Bertz CT molecular complexity index is 1200. The molecule has 0 fully saturated rings. The van der Waals surface area contributed by atoms with E-state index in [0.717, 1.165) is 33.9 Å². The summed E-state index contributed by atoms with van der Waals surface area (Å²) in [5.41, 5.74) is 3.25. The number of nitrogens with one attached hydrogen (secondary N) is 1. The molecule has 2 aromatic carbocycles. The predicted octanol–water partition coefficient (Wildman–Crippen LogP) is 5.43. The average Bonchev–Trinajstić information content (AvgIpc) is 3.19. The lowest BCUT2D eigenvalue weighted by Gasteiger charge is -2.20. The number of ether oxygens (including phenoxy) is 2. The van der Waals surface area contributed by atoms with Crippen LogP contribution in [0.25, 0.3) is 6.08 Å². The summed E-state index contributed by atoms with van der Waals surface area (Å²) in [5, 5.41) is 15.7.